The van der Waals surface area contributed by atoms with Gasteiger partial charge in [0.15, 0.2) is 0 Å². The highest BCUT2D eigenvalue weighted by Gasteiger charge is 2.02. The monoisotopic (exact) mass is 222 g/mol. The van der Waals surface area contributed by atoms with Gasteiger partial charge in [-0.25, -0.2) is 0 Å². The quantitative estimate of drug-likeness (QED) is 0.676. The Bertz CT molecular complexity index is 620. The highest BCUT2D eigenvalue weighted by atomic mass is 14.8. The van der Waals surface area contributed by atoms with Crippen molar-refractivity contribution in [2.24, 2.45) is 0 Å². The third-order valence-electron chi connectivity index (χ3n) is 2.99. The Labute approximate surface area is 100 Å². The van der Waals surface area contributed by atoms with E-state index in [1.165, 1.54) is 16.5 Å². The second-order valence-electron chi connectivity index (χ2n) is 4.10. The van der Waals surface area contributed by atoms with E-state index in [1.807, 2.05) is 13.1 Å². The third-order valence-corrected chi connectivity index (χ3v) is 2.99. The van der Waals surface area contributed by atoms with Gasteiger partial charge in [-0.1, -0.05) is 30.3 Å². The minimum Gasteiger partial charge on any atom is -0.388 e. The summed E-state index contributed by atoms with van der Waals surface area (Å²) in [7, 11) is 1.93. The van der Waals surface area contributed by atoms with E-state index >= 15 is 0 Å². The number of benzene rings is 2. The van der Waals surface area contributed by atoms with Crippen LogP contribution in [0.2, 0.25) is 0 Å². The molecule has 1 heterocycles. The van der Waals surface area contributed by atoms with E-state index in [2.05, 4.69) is 58.8 Å². The molecule has 2 aromatic carbocycles. The summed E-state index contributed by atoms with van der Waals surface area (Å²) in [5.74, 6) is 0. The molecule has 2 heteroatoms. The summed E-state index contributed by atoms with van der Waals surface area (Å²) in [6.45, 7) is 0. The maximum Gasteiger partial charge on any atom is 0.0465 e. The number of aromatic nitrogens is 1. The van der Waals surface area contributed by atoms with Crippen molar-refractivity contribution >= 4 is 16.6 Å². The Balaban J connectivity index is 2.13. The van der Waals surface area contributed by atoms with Gasteiger partial charge in [0, 0.05) is 29.3 Å². The first-order chi connectivity index (χ1) is 8.36. The molecule has 3 rings (SSSR count). The fourth-order valence-electron chi connectivity index (χ4n) is 2.07. The lowest BCUT2D eigenvalue weighted by Crippen LogP contribution is -1.87. The topological polar surface area (TPSA) is 27.8 Å². The molecule has 0 aliphatic heterocycles. The van der Waals surface area contributed by atoms with Gasteiger partial charge < -0.3 is 10.3 Å². The zero-order valence-electron chi connectivity index (χ0n) is 9.70. The largest absolute Gasteiger partial charge is 0.388 e. The molecule has 2 nitrogen and oxygen atoms in total. The minimum atomic E-state index is 1.13. The van der Waals surface area contributed by atoms with Crippen LogP contribution < -0.4 is 5.32 Å². The second kappa shape index (κ2) is 3.98. The summed E-state index contributed by atoms with van der Waals surface area (Å²) in [6.07, 6.45) is 0. The number of H-pyrrole nitrogens is 1. The van der Waals surface area contributed by atoms with Crippen LogP contribution in [0.5, 0.6) is 0 Å². The summed E-state index contributed by atoms with van der Waals surface area (Å²) in [4.78, 5) is 3.44. The molecule has 3 aromatic rings. The van der Waals surface area contributed by atoms with Gasteiger partial charge >= 0.3 is 0 Å². The molecule has 0 aliphatic carbocycles. The van der Waals surface area contributed by atoms with E-state index in [0.717, 1.165) is 11.4 Å². The van der Waals surface area contributed by atoms with Crippen LogP contribution in [0.3, 0.4) is 0 Å². The lowest BCUT2D eigenvalue weighted by molar-refractivity contribution is 1.44. The smallest absolute Gasteiger partial charge is 0.0465 e. The zero-order chi connectivity index (χ0) is 11.7. The van der Waals surface area contributed by atoms with Gasteiger partial charge in [-0.3, -0.25) is 0 Å². The standard InChI is InChI=1S/C15H14N2/c1-16-13-7-4-6-11(9-13)15-10-12-5-2-3-8-14(12)17-15/h2-10,16-17H,1H3. The Morgan fingerprint density at radius 2 is 1.82 bits per heavy atom. The predicted octanol–water partition coefficient (Wildman–Crippen LogP) is 3.88. The van der Waals surface area contributed by atoms with E-state index in [-0.39, 0.29) is 0 Å². The lowest BCUT2D eigenvalue weighted by atomic mass is 10.1. The molecule has 0 saturated carbocycles. The highest BCUT2D eigenvalue weighted by Crippen LogP contribution is 2.25. The van der Waals surface area contributed by atoms with Gasteiger partial charge in [-0.05, 0) is 29.8 Å². The van der Waals surface area contributed by atoms with Crippen molar-refractivity contribution in [2.45, 2.75) is 0 Å². The predicted molar refractivity (Wildman–Crippen MR) is 73.3 cm³/mol. The first-order valence-corrected chi connectivity index (χ1v) is 5.73. The molecule has 0 amide bonds. The number of hydrogen-bond donors (Lipinski definition) is 2. The van der Waals surface area contributed by atoms with Crippen LogP contribution in [-0.4, -0.2) is 12.0 Å². The van der Waals surface area contributed by atoms with Gasteiger partial charge in [0.05, 0.1) is 0 Å². The van der Waals surface area contributed by atoms with Crippen molar-refractivity contribution in [1.29, 1.82) is 0 Å². The molecule has 2 N–H and O–H groups in total. The zero-order valence-corrected chi connectivity index (χ0v) is 9.70. The molecule has 0 unspecified atom stereocenters. The second-order valence-corrected chi connectivity index (χ2v) is 4.10. The van der Waals surface area contributed by atoms with Crippen LogP contribution in [0, 0.1) is 0 Å². The van der Waals surface area contributed by atoms with Gasteiger partial charge in [-0.15, -0.1) is 0 Å². The Hall–Kier alpha value is -2.22. The van der Waals surface area contributed by atoms with Crippen molar-refractivity contribution in [2.75, 3.05) is 12.4 Å². The number of nitrogens with one attached hydrogen (secondary N) is 2. The summed E-state index contributed by atoms with van der Waals surface area (Å²) < 4.78 is 0. The number of fused-ring (bicyclic) bond motifs is 1. The molecule has 84 valence electrons. The fourth-order valence-corrected chi connectivity index (χ4v) is 2.07. The molecular formula is C15H14N2. The first-order valence-electron chi connectivity index (χ1n) is 5.73. The normalized spacial score (nSPS) is 10.6. The summed E-state index contributed by atoms with van der Waals surface area (Å²) in [6, 6.07) is 18.9. The van der Waals surface area contributed by atoms with E-state index in [9.17, 15) is 0 Å². The molecule has 17 heavy (non-hydrogen) atoms. The van der Waals surface area contributed by atoms with Gasteiger partial charge in [0.25, 0.3) is 0 Å². The number of aromatic amines is 1. The minimum absolute atomic E-state index is 1.13. The molecule has 0 aliphatic rings. The van der Waals surface area contributed by atoms with Crippen LogP contribution in [0.25, 0.3) is 22.2 Å². The van der Waals surface area contributed by atoms with Crippen LogP contribution in [0.15, 0.2) is 54.6 Å². The van der Waals surface area contributed by atoms with Gasteiger partial charge in [0.2, 0.25) is 0 Å². The Morgan fingerprint density at radius 3 is 2.65 bits per heavy atom. The van der Waals surface area contributed by atoms with Crippen molar-refractivity contribution in [1.82, 2.24) is 4.98 Å². The summed E-state index contributed by atoms with van der Waals surface area (Å²) in [5.41, 5.74) is 4.66. The Kier molecular flexibility index (Phi) is 2.33. The molecule has 1 aromatic heterocycles. The van der Waals surface area contributed by atoms with Crippen LogP contribution in [0.1, 0.15) is 0 Å². The number of hydrogen-bond acceptors (Lipinski definition) is 1. The van der Waals surface area contributed by atoms with Crippen molar-refractivity contribution in [3.8, 4) is 11.3 Å². The maximum atomic E-state index is 3.44. The number of anilines is 1. The maximum absolute atomic E-state index is 3.44. The van der Waals surface area contributed by atoms with Crippen LogP contribution >= 0.6 is 0 Å². The first kappa shape index (κ1) is 9.97. The average Bonchev–Trinajstić information content (AvgIpc) is 2.82. The molecular weight excluding hydrogens is 208 g/mol. The van der Waals surface area contributed by atoms with E-state index in [1.54, 1.807) is 0 Å². The van der Waals surface area contributed by atoms with Gasteiger partial charge in [-0.2, -0.15) is 0 Å². The fraction of sp³-hybridized carbons (Fsp3) is 0.0667. The number of rotatable bonds is 2. The third kappa shape index (κ3) is 1.78. The van der Waals surface area contributed by atoms with Crippen molar-refractivity contribution in [3.63, 3.8) is 0 Å². The van der Waals surface area contributed by atoms with Crippen LogP contribution in [0.4, 0.5) is 5.69 Å². The molecule has 0 fully saturated rings. The van der Waals surface area contributed by atoms with Gasteiger partial charge in [0.1, 0.15) is 0 Å². The SMILES string of the molecule is CNc1cccc(-c2cc3ccccc3[nH]2)c1. The highest BCUT2D eigenvalue weighted by molar-refractivity contribution is 5.86. The summed E-state index contributed by atoms with van der Waals surface area (Å²) in [5, 5.41) is 4.40. The van der Waals surface area contributed by atoms with E-state index in [4.69, 9.17) is 0 Å². The molecule has 0 radical (unpaired) electrons. The van der Waals surface area contributed by atoms with E-state index < -0.39 is 0 Å². The summed E-state index contributed by atoms with van der Waals surface area (Å²) >= 11 is 0. The molecule has 0 atom stereocenters. The Morgan fingerprint density at radius 1 is 0.941 bits per heavy atom. The molecule has 0 bridgehead atoms. The molecule has 0 spiro atoms. The van der Waals surface area contributed by atoms with Crippen molar-refractivity contribution < 1.29 is 0 Å². The molecule has 0 saturated heterocycles. The van der Waals surface area contributed by atoms with Crippen LogP contribution in [-0.2, 0) is 0 Å². The average molecular weight is 222 g/mol. The number of para-hydroxylation sites is 1. The lowest BCUT2D eigenvalue weighted by Gasteiger charge is -2.02. The van der Waals surface area contributed by atoms with Crippen molar-refractivity contribution in [3.05, 3.63) is 54.6 Å². The van der Waals surface area contributed by atoms with E-state index in [0.29, 0.717) is 0 Å².